The van der Waals surface area contributed by atoms with Gasteiger partial charge in [-0.05, 0) is 57.3 Å². The van der Waals surface area contributed by atoms with E-state index in [1.807, 2.05) is 36.4 Å². The van der Waals surface area contributed by atoms with Crippen molar-refractivity contribution < 1.29 is 17.1 Å². The van der Waals surface area contributed by atoms with E-state index in [1.54, 1.807) is 24.6 Å². The molecule has 0 atom stereocenters. The third-order valence-electron chi connectivity index (χ3n) is 12.8. The van der Waals surface area contributed by atoms with E-state index in [4.69, 9.17) is 17.1 Å². The van der Waals surface area contributed by atoms with Crippen LogP contribution in [0.1, 0.15) is 14.9 Å². The summed E-state index contributed by atoms with van der Waals surface area (Å²) in [5.74, 6) is 0. The van der Waals surface area contributed by atoms with Crippen molar-refractivity contribution >= 4 is 121 Å². The first kappa shape index (κ1) is 60.4. The fourth-order valence-corrected chi connectivity index (χ4v) is 27.6. The standard InChI is InChI=1S/C32H44O2Si5.C14H16O2Si.C10H18Si2.2CH4/c1-35(2)27-19-23-29(24-20-27)37(5,6)33-39(31-15-11-9-12-16-31,32-17-13-10-14-18-32)34-38(7,8)30-25-21-28(22-26-30)36(3)4;1-15-17(16-2,13-9-5-3-6-10-13)14-11-7-4-8-12-14;1-11(2)9-5-7-10(8-6-9)12(3)4;;/h9-26,35-36H,1-8H3;3-12H,1-2H3;5-8,11-12H,1-4H3;2*1H4. The van der Waals surface area contributed by atoms with Crippen LogP contribution in [0, 0.1) is 0 Å². The molecule has 12 heteroatoms. The molecule has 0 saturated carbocycles. The summed E-state index contributed by atoms with van der Waals surface area (Å²) >= 11 is 0. The second-order valence-corrected chi connectivity index (χ2v) is 46.2. The van der Waals surface area contributed by atoms with Gasteiger partial charge in [-0.1, -0.05) is 282 Å². The van der Waals surface area contributed by atoms with Crippen LogP contribution in [0.25, 0.3) is 0 Å². The van der Waals surface area contributed by atoms with E-state index >= 15 is 0 Å². The van der Waals surface area contributed by atoms with Crippen LogP contribution in [-0.2, 0) is 17.1 Å². The third kappa shape index (κ3) is 15.6. The van der Waals surface area contributed by atoms with Gasteiger partial charge < -0.3 is 17.1 Å². The highest BCUT2D eigenvalue weighted by Gasteiger charge is 2.51. The Bertz CT molecular complexity index is 2340. The molecule has 7 aromatic rings. The fraction of sp³-hybridized carbons (Fsp3) is 0.276. The van der Waals surface area contributed by atoms with E-state index in [2.05, 4.69) is 236 Å². The van der Waals surface area contributed by atoms with Gasteiger partial charge in [0.2, 0.25) is 16.6 Å². The lowest BCUT2D eigenvalue weighted by Gasteiger charge is -2.43. The Morgan fingerprint density at radius 3 is 0.671 bits per heavy atom. The molecule has 0 N–H and O–H groups in total. The molecular weight excluding hydrogens is 985 g/mol. The van der Waals surface area contributed by atoms with E-state index < -0.39 is 68.9 Å². The van der Waals surface area contributed by atoms with Gasteiger partial charge in [0.1, 0.15) is 0 Å². The van der Waals surface area contributed by atoms with Crippen LogP contribution in [0.5, 0.6) is 0 Å². The second kappa shape index (κ2) is 27.8. The van der Waals surface area contributed by atoms with E-state index in [0.717, 1.165) is 10.4 Å². The van der Waals surface area contributed by atoms with Crippen LogP contribution in [0.3, 0.4) is 0 Å². The van der Waals surface area contributed by atoms with Crippen molar-refractivity contribution in [2.75, 3.05) is 14.2 Å². The van der Waals surface area contributed by atoms with Gasteiger partial charge in [0.25, 0.3) is 0 Å². The summed E-state index contributed by atoms with van der Waals surface area (Å²) in [5.41, 5.74) is 0. The van der Waals surface area contributed by atoms with Gasteiger partial charge in [0.15, 0.2) is 0 Å². The summed E-state index contributed by atoms with van der Waals surface area (Å²) in [6, 6.07) is 69.8. The minimum Gasteiger partial charge on any atom is -0.426 e. The highest BCUT2D eigenvalue weighted by molar-refractivity contribution is 7.06. The van der Waals surface area contributed by atoms with Crippen molar-refractivity contribution in [2.45, 2.75) is 93.4 Å². The van der Waals surface area contributed by atoms with Crippen LogP contribution in [-0.4, -0.2) is 83.2 Å². The van der Waals surface area contributed by atoms with Crippen molar-refractivity contribution in [1.29, 1.82) is 0 Å². The molecule has 0 fully saturated rings. The van der Waals surface area contributed by atoms with E-state index in [1.165, 1.54) is 31.1 Å². The molecule has 0 spiro atoms. The quantitative estimate of drug-likeness (QED) is 0.0929. The molecule has 0 aromatic heterocycles. The predicted octanol–water partition coefficient (Wildman–Crippen LogP) is 7.77. The monoisotopic (exact) mass is 1070 g/mol. The van der Waals surface area contributed by atoms with Gasteiger partial charge in [0.05, 0.1) is 35.2 Å². The third-order valence-corrected chi connectivity index (χ3v) is 35.0. The van der Waals surface area contributed by atoms with E-state index in [0.29, 0.717) is 0 Å². The molecule has 7 aromatic carbocycles. The normalized spacial score (nSPS) is 11.8. The summed E-state index contributed by atoms with van der Waals surface area (Å²) in [6.07, 6.45) is 0. The summed E-state index contributed by atoms with van der Waals surface area (Å²) < 4.78 is 26.8. The molecule has 0 aliphatic carbocycles. The lowest BCUT2D eigenvalue weighted by atomic mass is 10.4. The average molecular weight is 1070 g/mol. The maximum Gasteiger partial charge on any atom is 0.406 e. The molecule has 7 rings (SSSR count). The maximum absolute atomic E-state index is 7.61. The molecular formula is C58H86O4Si8. The van der Waals surface area contributed by atoms with Gasteiger partial charge in [-0.3, -0.25) is 0 Å². The van der Waals surface area contributed by atoms with Crippen molar-refractivity contribution in [3.8, 4) is 0 Å². The topological polar surface area (TPSA) is 36.9 Å². The van der Waals surface area contributed by atoms with Gasteiger partial charge in [-0.25, -0.2) is 0 Å². The van der Waals surface area contributed by atoms with Crippen molar-refractivity contribution in [1.82, 2.24) is 0 Å². The number of hydrogen-bond acceptors (Lipinski definition) is 4. The minimum atomic E-state index is -3.11. The van der Waals surface area contributed by atoms with Crippen LogP contribution in [0.2, 0.25) is 78.6 Å². The summed E-state index contributed by atoms with van der Waals surface area (Å²) in [7, 11) is -9.77. The Kier molecular flexibility index (Phi) is 24.0. The van der Waals surface area contributed by atoms with E-state index in [9.17, 15) is 0 Å². The molecule has 374 valence electrons. The molecule has 0 bridgehead atoms. The predicted molar refractivity (Wildman–Crippen MR) is 333 cm³/mol. The maximum atomic E-state index is 7.61. The lowest BCUT2D eigenvalue weighted by molar-refractivity contribution is 0.272. The largest absolute Gasteiger partial charge is 0.426 e. The van der Waals surface area contributed by atoms with Gasteiger partial charge >= 0.3 is 17.1 Å². The summed E-state index contributed by atoms with van der Waals surface area (Å²) in [5, 5.41) is 13.4. The van der Waals surface area contributed by atoms with Crippen LogP contribution < -0.4 is 51.9 Å². The van der Waals surface area contributed by atoms with Gasteiger partial charge in [-0.15, -0.1) is 0 Å². The Balaban J connectivity index is 0.000000342. The second-order valence-electron chi connectivity index (χ2n) is 19.9. The van der Waals surface area contributed by atoms with E-state index in [-0.39, 0.29) is 14.9 Å². The highest BCUT2D eigenvalue weighted by atomic mass is 28.5. The molecule has 70 heavy (non-hydrogen) atoms. The molecule has 4 nitrogen and oxygen atoms in total. The fourth-order valence-electron chi connectivity index (χ4n) is 8.42. The summed E-state index contributed by atoms with van der Waals surface area (Å²) in [6.45, 7) is 28.4. The number of benzene rings is 7. The van der Waals surface area contributed by atoms with Crippen LogP contribution in [0.4, 0.5) is 0 Å². The Hall–Kier alpha value is -3.88. The smallest absolute Gasteiger partial charge is 0.406 e. The van der Waals surface area contributed by atoms with Crippen molar-refractivity contribution in [3.05, 3.63) is 194 Å². The first-order valence-corrected chi connectivity index (χ1v) is 45.4. The molecule has 0 heterocycles. The number of hydrogen-bond donors (Lipinski definition) is 0. The van der Waals surface area contributed by atoms with Crippen LogP contribution >= 0.6 is 0 Å². The van der Waals surface area contributed by atoms with Gasteiger partial charge in [-0.2, -0.15) is 0 Å². The Labute approximate surface area is 436 Å². The first-order valence-electron chi connectivity index (χ1n) is 24.4. The molecule has 0 unspecified atom stereocenters. The van der Waals surface area contributed by atoms with Crippen LogP contribution in [0.15, 0.2) is 194 Å². The SMILES string of the molecule is C.C.CO[Si](OC)(c1ccccc1)c1ccccc1.C[SiH](C)c1ccc([SiH](C)C)cc1.C[SiH](C)c1ccc([Si](C)(C)O[Si](O[Si](C)(C)c2ccc([SiH](C)C)cc2)(c2ccccc2)c2ccccc2)cc1. The van der Waals surface area contributed by atoms with Gasteiger partial charge in [0, 0.05) is 14.2 Å². The Morgan fingerprint density at radius 2 is 0.471 bits per heavy atom. The van der Waals surface area contributed by atoms with Crippen molar-refractivity contribution in [2.24, 2.45) is 0 Å². The van der Waals surface area contributed by atoms with Crippen molar-refractivity contribution in [3.63, 3.8) is 0 Å². The molecule has 0 aliphatic heterocycles. The average Bonchev–Trinajstić information content (AvgIpc) is 3.36. The molecule has 0 aliphatic rings. The first-order chi connectivity index (χ1) is 32.4. The highest BCUT2D eigenvalue weighted by Crippen LogP contribution is 2.22. The Morgan fingerprint density at radius 1 is 0.271 bits per heavy atom. The molecule has 0 radical (unpaired) electrons. The summed E-state index contributed by atoms with van der Waals surface area (Å²) in [4.78, 5) is 0. The number of rotatable bonds is 16. The lowest BCUT2D eigenvalue weighted by Crippen LogP contribution is -2.73. The zero-order valence-electron chi connectivity index (χ0n) is 43.4. The zero-order valence-corrected chi connectivity index (χ0v) is 52.0. The molecule has 0 saturated heterocycles. The molecule has 0 amide bonds. The minimum absolute atomic E-state index is 0. The zero-order chi connectivity index (χ0) is 49.5.